The van der Waals surface area contributed by atoms with Crippen LogP contribution in [0.15, 0.2) is 41.6 Å². The molecule has 0 aliphatic carbocycles. The van der Waals surface area contributed by atoms with Gasteiger partial charge in [-0.3, -0.25) is 4.98 Å². The van der Waals surface area contributed by atoms with Gasteiger partial charge in [-0.15, -0.1) is 0 Å². The quantitative estimate of drug-likeness (QED) is 0.932. The first-order valence-corrected chi connectivity index (χ1v) is 9.49. The third-order valence-electron chi connectivity index (χ3n) is 4.23. The molecule has 0 saturated carbocycles. The largest absolute Gasteiger partial charge is 0.311 e. The van der Waals surface area contributed by atoms with Crippen molar-refractivity contribution < 1.29 is 8.42 Å². The maximum Gasteiger partial charge on any atom is 0.243 e. The van der Waals surface area contributed by atoms with Crippen molar-refractivity contribution in [3.05, 3.63) is 36.7 Å². The summed E-state index contributed by atoms with van der Waals surface area (Å²) in [5.74, 6) is 0.541. The number of nitrogens with zero attached hydrogens (tertiary/aromatic N) is 2. The number of rotatable bonds is 4. The minimum atomic E-state index is -3.49. The number of pyridine rings is 1. The van der Waals surface area contributed by atoms with Crippen LogP contribution in [-0.2, 0) is 10.0 Å². The second-order valence-corrected chi connectivity index (χ2v) is 8.40. The van der Waals surface area contributed by atoms with E-state index in [0.717, 1.165) is 17.2 Å². The van der Waals surface area contributed by atoms with E-state index < -0.39 is 10.0 Å². The maximum absolute atomic E-state index is 13.1. The lowest BCUT2D eigenvalue weighted by Gasteiger charge is -2.34. The van der Waals surface area contributed by atoms with Gasteiger partial charge in [0.15, 0.2) is 0 Å². The predicted molar refractivity (Wildman–Crippen MR) is 91.7 cm³/mol. The van der Waals surface area contributed by atoms with Crippen LogP contribution in [-0.4, -0.2) is 43.4 Å². The van der Waals surface area contributed by atoms with Gasteiger partial charge < -0.3 is 5.32 Å². The van der Waals surface area contributed by atoms with E-state index >= 15 is 0 Å². The summed E-state index contributed by atoms with van der Waals surface area (Å²) in [5, 5.41) is 5.01. The average molecular weight is 333 g/mol. The molecule has 0 bridgehead atoms. The second-order valence-electron chi connectivity index (χ2n) is 6.50. The van der Waals surface area contributed by atoms with Crippen LogP contribution in [0.3, 0.4) is 0 Å². The molecule has 1 aromatic carbocycles. The van der Waals surface area contributed by atoms with Crippen LogP contribution < -0.4 is 5.32 Å². The van der Waals surface area contributed by atoms with E-state index in [0.29, 0.717) is 30.4 Å². The van der Waals surface area contributed by atoms with Crippen molar-refractivity contribution in [3.63, 3.8) is 0 Å². The molecule has 124 valence electrons. The topological polar surface area (TPSA) is 62.3 Å². The minimum absolute atomic E-state index is 0.218. The van der Waals surface area contributed by atoms with Crippen molar-refractivity contribution >= 4 is 20.8 Å². The van der Waals surface area contributed by atoms with Gasteiger partial charge in [0.1, 0.15) is 0 Å². The molecule has 2 aromatic rings. The number of piperazine rings is 1. The molecule has 6 heteroatoms. The van der Waals surface area contributed by atoms with E-state index in [1.165, 1.54) is 0 Å². The molecule has 1 saturated heterocycles. The zero-order chi connectivity index (χ0) is 16.4. The molecular weight excluding hydrogens is 310 g/mol. The molecule has 1 fully saturated rings. The zero-order valence-corrected chi connectivity index (χ0v) is 14.4. The maximum atomic E-state index is 13.1. The summed E-state index contributed by atoms with van der Waals surface area (Å²) in [5.41, 5.74) is 0. The van der Waals surface area contributed by atoms with Gasteiger partial charge in [-0.05, 0) is 24.5 Å². The summed E-state index contributed by atoms with van der Waals surface area (Å²) < 4.78 is 27.8. The minimum Gasteiger partial charge on any atom is -0.311 e. The first kappa shape index (κ1) is 16.4. The first-order chi connectivity index (χ1) is 11.0. The van der Waals surface area contributed by atoms with Gasteiger partial charge in [-0.2, -0.15) is 4.31 Å². The Labute approximate surface area is 137 Å². The number of fused-ring (bicyclic) bond motifs is 1. The number of sulfonamides is 1. The molecule has 1 aromatic heterocycles. The van der Waals surface area contributed by atoms with Crippen LogP contribution in [0, 0.1) is 5.92 Å². The fourth-order valence-electron chi connectivity index (χ4n) is 3.20. The molecule has 1 aliphatic heterocycles. The van der Waals surface area contributed by atoms with Gasteiger partial charge in [0.05, 0.1) is 4.90 Å². The van der Waals surface area contributed by atoms with Gasteiger partial charge in [0, 0.05) is 48.8 Å². The number of hydrogen-bond donors (Lipinski definition) is 1. The van der Waals surface area contributed by atoms with Crippen LogP contribution >= 0.6 is 0 Å². The van der Waals surface area contributed by atoms with Gasteiger partial charge in [-0.1, -0.05) is 26.0 Å². The van der Waals surface area contributed by atoms with Crippen molar-refractivity contribution in [2.24, 2.45) is 5.92 Å². The third kappa shape index (κ3) is 3.39. The van der Waals surface area contributed by atoms with Crippen LogP contribution in [0.2, 0.25) is 0 Å². The lowest BCUT2D eigenvalue weighted by Crippen LogP contribution is -2.52. The Morgan fingerprint density at radius 2 is 2.17 bits per heavy atom. The standard InChI is InChI=1S/C17H23N3O2S/c1-13(2)10-15-12-20(9-8-19-15)23(21,22)17-5-3-4-14-11-18-7-6-16(14)17/h3-7,11,13,15,19H,8-10,12H2,1-2H3/t15-/m0/s1. The molecule has 1 atom stereocenters. The van der Waals surface area contributed by atoms with Crippen LogP contribution in [0.1, 0.15) is 20.3 Å². The monoisotopic (exact) mass is 333 g/mol. The van der Waals surface area contributed by atoms with E-state index in [1.54, 1.807) is 34.9 Å². The highest BCUT2D eigenvalue weighted by molar-refractivity contribution is 7.89. The van der Waals surface area contributed by atoms with Crippen molar-refractivity contribution in [2.45, 2.75) is 31.2 Å². The normalized spacial score (nSPS) is 20.2. The Balaban J connectivity index is 1.94. The summed E-state index contributed by atoms with van der Waals surface area (Å²) in [6.07, 6.45) is 4.32. The highest BCUT2D eigenvalue weighted by atomic mass is 32.2. The van der Waals surface area contributed by atoms with E-state index in [2.05, 4.69) is 24.1 Å². The summed E-state index contributed by atoms with van der Waals surface area (Å²) in [7, 11) is -3.49. The number of aromatic nitrogens is 1. The van der Waals surface area contributed by atoms with E-state index in [4.69, 9.17) is 0 Å². The van der Waals surface area contributed by atoms with Gasteiger partial charge in [0.25, 0.3) is 0 Å². The SMILES string of the molecule is CC(C)C[C@H]1CN(S(=O)(=O)c2cccc3cnccc23)CCN1. The Hall–Kier alpha value is -1.50. The molecular formula is C17H23N3O2S. The number of nitrogens with one attached hydrogen (secondary N) is 1. The summed E-state index contributed by atoms with van der Waals surface area (Å²) in [4.78, 5) is 4.45. The van der Waals surface area contributed by atoms with E-state index in [9.17, 15) is 8.42 Å². The Bertz CT molecular complexity index is 784. The van der Waals surface area contributed by atoms with E-state index in [1.807, 2.05) is 6.07 Å². The lowest BCUT2D eigenvalue weighted by molar-refractivity contribution is 0.272. The molecule has 0 amide bonds. The second kappa shape index (κ2) is 6.55. The van der Waals surface area contributed by atoms with Crippen molar-refractivity contribution in [1.29, 1.82) is 0 Å². The highest BCUT2D eigenvalue weighted by Crippen LogP contribution is 2.26. The fraction of sp³-hybridized carbons (Fsp3) is 0.471. The molecule has 0 unspecified atom stereocenters. The summed E-state index contributed by atoms with van der Waals surface area (Å²) in [6, 6.07) is 7.36. The van der Waals surface area contributed by atoms with Crippen LogP contribution in [0.5, 0.6) is 0 Å². The Morgan fingerprint density at radius 1 is 1.35 bits per heavy atom. The van der Waals surface area contributed by atoms with Crippen molar-refractivity contribution in [3.8, 4) is 0 Å². The Morgan fingerprint density at radius 3 is 2.96 bits per heavy atom. The molecule has 2 heterocycles. The van der Waals surface area contributed by atoms with Gasteiger partial charge >= 0.3 is 0 Å². The molecule has 1 aliphatic rings. The average Bonchev–Trinajstić information content (AvgIpc) is 2.54. The molecule has 0 spiro atoms. The fourth-order valence-corrected chi connectivity index (χ4v) is 4.90. The van der Waals surface area contributed by atoms with Gasteiger partial charge in [0.2, 0.25) is 10.0 Å². The van der Waals surface area contributed by atoms with Gasteiger partial charge in [-0.25, -0.2) is 8.42 Å². The van der Waals surface area contributed by atoms with E-state index in [-0.39, 0.29) is 6.04 Å². The number of benzene rings is 1. The summed E-state index contributed by atoms with van der Waals surface area (Å²) in [6.45, 7) is 6.06. The molecule has 3 rings (SSSR count). The van der Waals surface area contributed by atoms with Crippen molar-refractivity contribution in [2.75, 3.05) is 19.6 Å². The molecule has 23 heavy (non-hydrogen) atoms. The number of hydrogen-bond acceptors (Lipinski definition) is 4. The van der Waals surface area contributed by atoms with Crippen LogP contribution in [0.25, 0.3) is 10.8 Å². The smallest absolute Gasteiger partial charge is 0.243 e. The molecule has 5 nitrogen and oxygen atoms in total. The third-order valence-corrected chi connectivity index (χ3v) is 6.16. The lowest BCUT2D eigenvalue weighted by atomic mass is 10.0. The Kier molecular flexibility index (Phi) is 4.66. The molecule has 0 radical (unpaired) electrons. The summed E-state index contributed by atoms with van der Waals surface area (Å²) >= 11 is 0. The zero-order valence-electron chi connectivity index (χ0n) is 13.6. The highest BCUT2D eigenvalue weighted by Gasteiger charge is 2.31. The predicted octanol–water partition coefficient (Wildman–Crippen LogP) is 2.24. The van der Waals surface area contributed by atoms with Crippen molar-refractivity contribution in [1.82, 2.24) is 14.6 Å². The first-order valence-electron chi connectivity index (χ1n) is 8.05. The molecule has 1 N–H and O–H groups in total. The van der Waals surface area contributed by atoms with Crippen LogP contribution in [0.4, 0.5) is 0 Å².